The molecule has 0 saturated carbocycles. The number of nitrogens with one attached hydrogen (secondary N) is 3. The van der Waals surface area contributed by atoms with Crippen molar-refractivity contribution in [2.24, 2.45) is 0 Å². The molecule has 0 bridgehead atoms. The minimum Gasteiger partial charge on any atom is -0.376 e. The number of rotatable bonds is 10. The van der Waals surface area contributed by atoms with Crippen molar-refractivity contribution in [2.75, 3.05) is 0 Å². The van der Waals surface area contributed by atoms with Gasteiger partial charge in [0.05, 0.1) is 5.03 Å². The van der Waals surface area contributed by atoms with Gasteiger partial charge in [-0.05, 0) is 91.5 Å². The van der Waals surface area contributed by atoms with Gasteiger partial charge in [-0.15, -0.1) is 25.3 Å². The lowest BCUT2D eigenvalue weighted by Gasteiger charge is -2.19. The smallest absolute Gasteiger partial charge is 0.182 e. The number of nitrogens with zero attached hydrogens (tertiary/aromatic N) is 2. The van der Waals surface area contributed by atoms with Crippen LogP contribution in [0.4, 0.5) is 0 Å². The molecule has 0 radical (unpaired) electrons. The van der Waals surface area contributed by atoms with E-state index in [1.54, 1.807) is 0 Å². The highest BCUT2D eigenvalue weighted by Gasteiger charge is 2.20. The Labute approximate surface area is 189 Å². The zero-order valence-electron chi connectivity index (χ0n) is 17.3. The van der Waals surface area contributed by atoms with Crippen molar-refractivity contribution in [3.8, 4) is 0 Å². The molecule has 156 valence electrons. The van der Waals surface area contributed by atoms with Gasteiger partial charge >= 0.3 is 0 Å². The molecule has 0 aliphatic heterocycles. The molecule has 1 aromatic rings. The van der Waals surface area contributed by atoms with Gasteiger partial charge in [-0.2, -0.15) is 4.13 Å². The van der Waals surface area contributed by atoms with E-state index < -0.39 is 0 Å². The second-order valence-corrected chi connectivity index (χ2v) is 10.5. The molecular weight excluding hydrogens is 435 g/mol. The summed E-state index contributed by atoms with van der Waals surface area (Å²) < 4.78 is 8.40. The van der Waals surface area contributed by atoms with Crippen molar-refractivity contribution in [1.29, 1.82) is 0 Å². The van der Waals surface area contributed by atoms with Crippen molar-refractivity contribution in [3.63, 3.8) is 0 Å². The molecule has 0 aromatic carbocycles. The Bertz CT molecular complexity index is 703. The van der Waals surface area contributed by atoms with Crippen molar-refractivity contribution in [1.82, 2.24) is 23.9 Å². The van der Waals surface area contributed by atoms with Crippen LogP contribution < -0.4 is 14.8 Å². The Morgan fingerprint density at radius 1 is 0.926 bits per heavy atom. The Morgan fingerprint density at radius 3 is 1.89 bits per heavy atom. The third-order valence-corrected chi connectivity index (χ3v) is 6.68. The summed E-state index contributed by atoms with van der Waals surface area (Å²) >= 11 is 18.1. The third kappa shape index (κ3) is 7.15. The van der Waals surface area contributed by atoms with Crippen LogP contribution in [0.1, 0.15) is 67.5 Å². The fourth-order valence-electron chi connectivity index (χ4n) is 2.37. The summed E-state index contributed by atoms with van der Waals surface area (Å²) in [6.45, 7) is 16.9. The van der Waals surface area contributed by atoms with Gasteiger partial charge in [0.25, 0.3) is 0 Å². The third-order valence-electron chi connectivity index (χ3n) is 3.43. The summed E-state index contributed by atoms with van der Waals surface area (Å²) in [4.78, 5) is 0. The molecule has 0 saturated heterocycles. The van der Waals surface area contributed by atoms with Crippen LogP contribution in [0.2, 0.25) is 0 Å². The summed E-state index contributed by atoms with van der Waals surface area (Å²) in [5, 5.41) is 10.4. The van der Waals surface area contributed by atoms with Crippen LogP contribution in [-0.4, -0.2) is 21.2 Å². The first-order chi connectivity index (χ1) is 12.5. The van der Waals surface area contributed by atoms with E-state index in [9.17, 15) is 0 Å². The minimum absolute atomic E-state index is 0.254. The molecule has 0 aliphatic rings. The maximum Gasteiger partial charge on any atom is 0.182 e. The molecule has 5 nitrogen and oxygen atoms in total. The molecule has 1 rings (SSSR count). The topological polar surface area (TPSA) is 45.9 Å². The van der Waals surface area contributed by atoms with Crippen molar-refractivity contribution in [3.05, 3.63) is 14.8 Å². The lowest BCUT2D eigenvalue weighted by molar-refractivity contribution is 0.519. The molecule has 0 unspecified atom stereocenters. The monoisotopic (exact) mass is 467 g/mol. The summed E-state index contributed by atoms with van der Waals surface area (Å²) in [5.74, 6) is 0. The van der Waals surface area contributed by atoms with Gasteiger partial charge < -0.3 is 19.8 Å². The summed E-state index contributed by atoms with van der Waals surface area (Å²) in [6, 6.07) is 1.13. The van der Waals surface area contributed by atoms with Gasteiger partial charge in [0.1, 0.15) is 15.1 Å². The van der Waals surface area contributed by atoms with Crippen LogP contribution in [0, 0.1) is 4.77 Å². The first-order valence-electron chi connectivity index (χ1n) is 9.07. The average molecular weight is 468 g/mol. The van der Waals surface area contributed by atoms with Crippen molar-refractivity contribution in [2.45, 2.75) is 89.6 Å². The van der Waals surface area contributed by atoms with Gasteiger partial charge in [0, 0.05) is 24.2 Å². The van der Waals surface area contributed by atoms with Gasteiger partial charge in [-0.3, -0.25) is 0 Å². The van der Waals surface area contributed by atoms with Gasteiger partial charge in [0.15, 0.2) is 4.77 Å². The first kappa shape index (κ1) is 25.2. The second kappa shape index (κ2) is 11.3. The molecule has 27 heavy (non-hydrogen) atoms. The normalized spacial score (nSPS) is 13.1. The number of imidazole rings is 1. The molecule has 0 fully saturated rings. The van der Waals surface area contributed by atoms with Crippen molar-refractivity contribution >= 4 is 61.4 Å². The Kier molecular flexibility index (Phi) is 10.6. The van der Waals surface area contributed by atoms with Crippen LogP contribution >= 0.6 is 61.4 Å². The summed E-state index contributed by atoms with van der Waals surface area (Å²) in [7, 11) is 0. The predicted octanol–water partition coefficient (Wildman–Crippen LogP) is 5.77. The average Bonchev–Trinajstić information content (AvgIpc) is 2.75. The van der Waals surface area contributed by atoms with E-state index >= 15 is 0 Å². The minimum atomic E-state index is 0.254. The predicted molar refractivity (Wildman–Crippen MR) is 130 cm³/mol. The number of thiol groups is 2. The fourth-order valence-corrected chi connectivity index (χ4v) is 5.98. The van der Waals surface area contributed by atoms with E-state index in [2.05, 4.69) is 91.9 Å². The standard InChI is InChI=1S/C17H33N5S5/c1-9(2)18-13(23)14(19-10(3)4)26-20-27-16-15(24)21(11(5)6)17(25)22(16)12(7)8/h9-12,18-20,23-24H,1-8H3/b14-13-. The van der Waals surface area contributed by atoms with Gasteiger partial charge in [0.2, 0.25) is 0 Å². The highest BCUT2D eigenvalue weighted by Crippen LogP contribution is 2.33. The molecule has 0 atom stereocenters. The van der Waals surface area contributed by atoms with E-state index in [-0.39, 0.29) is 12.1 Å². The molecule has 3 N–H and O–H groups in total. The largest absolute Gasteiger partial charge is 0.376 e. The van der Waals surface area contributed by atoms with Gasteiger partial charge in [-0.1, -0.05) is 0 Å². The van der Waals surface area contributed by atoms with E-state index in [0.717, 1.165) is 24.9 Å². The zero-order valence-corrected chi connectivity index (χ0v) is 21.6. The van der Waals surface area contributed by atoms with E-state index in [0.29, 0.717) is 12.1 Å². The summed E-state index contributed by atoms with van der Waals surface area (Å²) in [5.41, 5.74) is 0. The lowest BCUT2D eigenvalue weighted by Crippen LogP contribution is -2.28. The SMILES string of the molecule is CC(C)N/C(S)=C(\NC(C)C)SNSc1c(S)n(C(C)C)c(=S)n1C(C)C. The zero-order chi connectivity index (χ0) is 20.9. The number of aromatic nitrogens is 2. The molecular formula is C17H33N5S5. The van der Waals surface area contributed by atoms with E-state index in [4.69, 9.17) is 24.8 Å². The lowest BCUT2D eigenvalue weighted by atomic mass is 10.4. The molecule has 0 aliphatic carbocycles. The van der Waals surface area contributed by atoms with Crippen LogP contribution in [0.3, 0.4) is 0 Å². The second-order valence-electron chi connectivity index (χ2n) is 7.40. The van der Waals surface area contributed by atoms with Crippen molar-refractivity contribution < 1.29 is 0 Å². The molecule has 10 heteroatoms. The Balaban J connectivity index is 3.05. The highest BCUT2D eigenvalue weighted by atomic mass is 32.2. The van der Waals surface area contributed by atoms with Crippen LogP contribution in [0.25, 0.3) is 0 Å². The number of hydrogen-bond donors (Lipinski definition) is 5. The Hall–Kier alpha value is 0.130. The first-order valence-corrected chi connectivity index (χ1v) is 12.0. The van der Waals surface area contributed by atoms with E-state index in [1.165, 1.54) is 23.9 Å². The van der Waals surface area contributed by atoms with E-state index in [1.807, 2.05) is 0 Å². The molecule has 0 spiro atoms. The maximum absolute atomic E-state index is 5.69. The fraction of sp³-hybridized carbons (Fsp3) is 0.706. The highest BCUT2D eigenvalue weighted by molar-refractivity contribution is 8.14. The molecule has 0 amide bonds. The van der Waals surface area contributed by atoms with Gasteiger partial charge in [-0.25, -0.2) is 0 Å². The molecule has 1 heterocycles. The van der Waals surface area contributed by atoms with Crippen LogP contribution in [0.15, 0.2) is 20.1 Å². The number of hydrogen-bond acceptors (Lipinski definition) is 8. The quantitative estimate of drug-likeness (QED) is 0.171. The molecule has 1 aromatic heterocycles. The van der Waals surface area contributed by atoms with Crippen LogP contribution in [0.5, 0.6) is 0 Å². The maximum atomic E-state index is 5.69. The van der Waals surface area contributed by atoms with Crippen LogP contribution in [-0.2, 0) is 0 Å². The Morgan fingerprint density at radius 2 is 1.44 bits per heavy atom. The summed E-state index contributed by atoms with van der Waals surface area (Å²) in [6.07, 6.45) is 0.